The number of halogens is 2. The number of methoxy groups -OCH3 is 1. The molecule has 0 spiro atoms. The van der Waals surface area contributed by atoms with E-state index in [1.165, 1.54) is 6.07 Å². The van der Waals surface area contributed by atoms with Gasteiger partial charge in [-0.25, -0.2) is 4.39 Å². The lowest BCUT2D eigenvalue weighted by Gasteiger charge is -2.24. The molecule has 0 saturated heterocycles. The molecule has 3 nitrogen and oxygen atoms in total. The SMILES string of the molecule is COCCN(CCBr)CC1Cc2cc(F)ccc2O1. The molecule has 1 aromatic rings. The topological polar surface area (TPSA) is 21.7 Å². The fourth-order valence-corrected chi connectivity index (χ4v) is 2.81. The predicted octanol–water partition coefficient (Wildman–Crippen LogP) is 2.47. The second kappa shape index (κ2) is 7.22. The molecule has 0 fully saturated rings. The molecule has 0 bridgehead atoms. The van der Waals surface area contributed by atoms with Gasteiger partial charge in [0.1, 0.15) is 17.7 Å². The number of ether oxygens (including phenoxy) is 2. The fourth-order valence-electron chi connectivity index (χ4n) is 2.31. The summed E-state index contributed by atoms with van der Waals surface area (Å²) >= 11 is 3.46. The van der Waals surface area contributed by atoms with Crippen LogP contribution >= 0.6 is 15.9 Å². The Hall–Kier alpha value is -0.650. The summed E-state index contributed by atoms with van der Waals surface area (Å²) in [6, 6.07) is 4.73. The maximum Gasteiger partial charge on any atom is 0.123 e. The van der Waals surface area contributed by atoms with Gasteiger partial charge in [-0.15, -0.1) is 0 Å². The van der Waals surface area contributed by atoms with Crippen molar-refractivity contribution in [2.45, 2.75) is 12.5 Å². The highest BCUT2D eigenvalue weighted by atomic mass is 79.9. The summed E-state index contributed by atoms with van der Waals surface area (Å²) in [5.41, 5.74) is 0.968. The van der Waals surface area contributed by atoms with E-state index in [-0.39, 0.29) is 11.9 Å². The highest BCUT2D eigenvalue weighted by Crippen LogP contribution is 2.29. The van der Waals surface area contributed by atoms with Crippen LogP contribution in [-0.2, 0) is 11.2 Å². The zero-order valence-electron chi connectivity index (χ0n) is 11.1. The van der Waals surface area contributed by atoms with E-state index in [4.69, 9.17) is 9.47 Å². The maximum absolute atomic E-state index is 13.2. The average Bonchev–Trinajstić information content (AvgIpc) is 2.77. The Kier molecular flexibility index (Phi) is 5.60. The quantitative estimate of drug-likeness (QED) is 0.716. The van der Waals surface area contributed by atoms with Crippen molar-refractivity contribution in [2.75, 3.05) is 38.7 Å². The van der Waals surface area contributed by atoms with Crippen LogP contribution in [-0.4, -0.2) is 49.7 Å². The van der Waals surface area contributed by atoms with E-state index >= 15 is 0 Å². The third-order valence-corrected chi connectivity index (χ3v) is 3.59. The molecular weight excluding hydrogens is 313 g/mol. The van der Waals surface area contributed by atoms with Crippen LogP contribution in [0.2, 0.25) is 0 Å². The maximum atomic E-state index is 13.2. The molecule has 2 rings (SSSR count). The Morgan fingerprint density at radius 3 is 3.05 bits per heavy atom. The van der Waals surface area contributed by atoms with Crippen LogP contribution in [0.1, 0.15) is 5.56 Å². The molecule has 0 amide bonds. The van der Waals surface area contributed by atoms with Crippen molar-refractivity contribution in [2.24, 2.45) is 0 Å². The fraction of sp³-hybridized carbons (Fsp3) is 0.571. The highest BCUT2D eigenvalue weighted by molar-refractivity contribution is 9.09. The number of hydrogen-bond acceptors (Lipinski definition) is 3. The number of nitrogens with zero attached hydrogens (tertiary/aromatic N) is 1. The molecule has 5 heteroatoms. The first-order chi connectivity index (χ1) is 9.22. The number of alkyl halides is 1. The third kappa shape index (κ3) is 4.16. The smallest absolute Gasteiger partial charge is 0.123 e. The van der Waals surface area contributed by atoms with Crippen molar-refractivity contribution < 1.29 is 13.9 Å². The molecule has 0 saturated carbocycles. The molecule has 1 aromatic carbocycles. The molecule has 0 N–H and O–H groups in total. The zero-order chi connectivity index (χ0) is 13.7. The van der Waals surface area contributed by atoms with E-state index in [1.54, 1.807) is 19.2 Å². The Morgan fingerprint density at radius 2 is 2.32 bits per heavy atom. The first-order valence-corrected chi connectivity index (χ1v) is 7.57. The molecular formula is C14H19BrFNO2. The van der Waals surface area contributed by atoms with Gasteiger partial charge in [-0.05, 0) is 18.2 Å². The summed E-state index contributed by atoms with van der Waals surface area (Å²) in [7, 11) is 1.71. The average molecular weight is 332 g/mol. The van der Waals surface area contributed by atoms with E-state index < -0.39 is 0 Å². The molecule has 0 aliphatic carbocycles. The van der Waals surface area contributed by atoms with Gasteiger partial charge in [0.15, 0.2) is 0 Å². The van der Waals surface area contributed by atoms with Crippen molar-refractivity contribution in [3.8, 4) is 5.75 Å². The van der Waals surface area contributed by atoms with Crippen molar-refractivity contribution in [3.63, 3.8) is 0 Å². The lowest BCUT2D eigenvalue weighted by molar-refractivity contribution is 0.115. The molecule has 1 aliphatic heterocycles. The monoisotopic (exact) mass is 331 g/mol. The van der Waals surface area contributed by atoms with Crippen LogP contribution in [0, 0.1) is 5.82 Å². The summed E-state index contributed by atoms with van der Waals surface area (Å²) < 4.78 is 24.1. The number of hydrogen-bond donors (Lipinski definition) is 0. The van der Waals surface area contributed by atoms with Crippen molar-refractivity contribution in [1.29, 1.82) is 0 Å². The minimum atomic E-state index is -0.195. The molecule has 0 aromatic heterocycles. The Labute approximate surface area is 121 Å². The number of benzene rings is 1. The van der Waals surface area contributed by atoms with Gasteiger partial charge in [0, 0.05) is 44.1 Å². The summed E-state index contributed by atoms with van der Waals surface area (Å²) in [5.74, 6) is 0.622. The summed E-state index contributed by atoms with van der Waals surface area (Å²) in [6.07, 6.45) is 0.881. The van der Waals surface area contributed by atoms with Gasteiger partial charge >= 0.3 is 0 Å². The van der Waals surface area contributed by atoms with Crippen molar-refractivity contribution in [3.05, 3.63) is 29.6 Å². The van der Waals surface area contributed by atoms with Crippen molar-refractivity contribution in [1.82, 2.24) is 4.90 Å². The van der Waals surface area contributed by atoms with Crippen molar-refractivity contribution >= 4 is 15.9 Å². The van der Waals surface area contributed by atoms with Gasteiger partial charge < -0.3 is 9.47 Å². The predicted molar refractivity (Wildman–Crippen MR) is 76.6 cm³/mol. The lowest BCUT2D eigenvalue weighted by atomic mass is 10.1. The van der Waals surface area contributed by atoms with E-state index in [0.29, 0.717) is 6.61 Å². The third-order valence-electron chi connectivity index (χ3n) is 3.24. The zero-order valence-corrected chi connectivity index (χ0v) is 12.7. The largest absolute Gasteiger partial charge is 0.488 e. The second-order valence-electron chi connectivity index (χ2n) is 4.68. The summed E-state index contributed by atoms with van der Waals surface area (Å²) in [5, 5.41) is 0.922. The van der Waals surface area contributed by atoms with Gasteiger partial charge in [0.05, 0.1) is 6.61 Å². The van der Waals surface area contributed by atoms with E-state index in [0.717, 1.165) is 42.7 Å². The minimum Gasteiger partial charge on any atom is -0.488 e. The van der Waals surface area contributed by atoms with Crippen LogP contribution in [0.4, 0.5) is 4.39 Å². The van der Waals surface area contributed by atoms with Gasteiger partial charge in [-0.2, -0.15) is 0 Å². The van der Waals surface area contributed by atoms with E-state index in [9.17, 15) is 4.39 Å². The van der Waals surface area contributed by atoms with Gasteiger partial charge in [-0.1, -0.05) is 15.9 Å². The van der Waals surface area contributed by atoms with Crippen LogP contribution in [0.5, 0.6) is 5.75 Å². The van der Waals surface area contributed by atoms with Gasteiger partial charge in [0.2, 0.25) is 0 Å². The first-order valence-electron chi connectivity index (χ1n) is 6.45. The Balaban J connectivity index is 1.90. The molecule has 1 unspecified atom stereocenters. The number of rotatable bonds is 7. The summed E-state index contributed by atoms with van der Waals surface area (Å²) in [6.45, 7) is 3.38. The molecule has 106 valence electrons. The second-order valence-corrected chi connectivity index (χ2v) is 5.47. The van der Waals surface area contributed by atoms with Crippen LogP contribution in [0.25, 0.3) is 0 Å². The first kappa shape index (κ1) is 14.8. The minimum absolute atomic E-state index is 0.104. The van der Waals surface area contributed by atoms with Gasteiger partial charge in [0.25, 0.3) is 0 Å². The Bertz CT molecular complexity index is 416. The molecule has 1 atom stereocenters. The van der Waals surface area contributed by atoms with Gasteiger partial charge in [-0.3, -0.25) is 4.90 Å². The lowest BCUT2D eigenvalue weighted by Crippen LogP contribution is -2.38. The van der Waals surface area contributed by atoms with Crippen LogP contribution in [0.15, 0.2) is 18.2 Å². The molecule has 0 radical (unpaired) electrons. The van der Waals surface area contributed by atoms with E-state index in [2.05, 4.69) is 20.8 Å². The van der Waals surface area contributed by atoms with Crippen LogP contribution in [0.3, 0.4) is 0 Å². The van der Waals surface area contributed by atoms with Crippen LogP contribution < -0.4 is 4.74 Å². The summed E-state index contributed by atoms with van der Waals surface area (Å²) in [4.78, 5) is 2.30. The molecule has 1 aliphatic rings. The normalized spacial score (nSPS) is 17.6. The molecule has 19 heavy (non-hydrogen) atoms. The number of fused-ring (bicyclic) bond motifs is 1. The van der Waals surface area contributed by atoms with E-state index in [1.807, 2.05) is 0 Å². The highest BCUT2D eigenvalue weighted by Gasteiger charge is 2.25. The molecule has 1 heterocycles. The Morgan fingerprint density at radius 1 is 1.47 bits per heavy atom. The standard InChI is InChI=1S/C14H19BrFNO2/c1-18-7-6-17(5-4-15)10-13-9-11-8-12(16)2-3-14(11)19-13/h2-3,8,13H,4-7,9-10H2,1H3.